The molecule has 1 unspecified atom stereocenters. The van der Waals surface area contributed by atoms with Gasteiger partial charge in [-0.25, -0.2) is 0 Å². The molecular formula is C38H24N4+2. The number of hydrogen-bond donors (Lipinski definition) is 0. The molecule has 4 aliphatic heterocycles. The number of rotatable bonds is 0. The molecule has 8 aromatic rings. The number of hydrogen-bond acceptors (Lipinski definition) is 0. The fraction of sp³-hybridized carbons (Fsp3) is 0.105. The second-order valence-corrected chi connectivity index (χ2v) is 13.0. The Balaban J connectivity index is 1.53. The predicted octanol–water partition coefficient (Wildman–Crippen LogP) is 7.00. The van der Waals surface area contributed by atoms with Crippen LogP contribution in [0.3, 0.4) is 0 Å². The first-order valence-corrected chi connectivity index (χ1v) is 14.9. The van der Waals surface area contributed by atoms with E-state index in [1.165, 1.54) is 88.6 Å². The van der Waals surface area contributed by atoms with Crippen LogP contribution in [0.1, 0.15) is 36.1 Å². The van der Waals surface area contributed by atoms with Crippen molar-refractivity contribution in [3.63, 3.8) is 0 Å². The third-order valence-corrected chi connectivity index (χ3v) is 11.0. The Bertz CT molecular complexity index is 2670. The van der Waals surface area contributed by atoms with Crippen LogP contribution in [0.15, 0.2) is 109 Å². The highest BCUT2D eigenvalue weighted by Gasteiger charge is 2.68. The minimum atomic E-state index is -0.548. The summed E-state index contributed by atoms with van der Waals surface area (Å²) in [6.07, 6.45) is 4.66. The molecule has 4 nitrogen and oxygen atoms in total. The van der Waals surface area contributed by atoms with Gasteiger partial charge in [-0.15, -0.1) is 4.57 Å². The van der Waals surface area contributed by atoms with Crippen LogP contribution in [0.2, 0.25) is 0 Å². The van der Waals surface area contributed by atoms with Gasteiger partial charge in [-0.3, -0.25) is 0 Å². The fourth-order valence-corrected chi connectivity index (χ4v) is 9.56. The van der Waals surface area contributed by atoms with Crippen molar-refractivity contribution >= 4 is 43.6 Å². The number of para-hydroxylation sites is 2. The summed E-state index contributed by atoms with van der Waals surface area (Å²) >= 11 is 0. The van der Waals surface area contributed by atoms with Crippen molar-refractivity contribution in [2.75, 3.05) is 0 Å². The van der Waals surface area contributed by atoms with Gasteiger partial charge in [0.05, 0.1) is 34.0 Å². The van der Waals surface area contributed by atoms with E-state index in [0.717, 1.165) is 0 Å². The van der Waals surface area contributed by atoms with Gasteiger partial charge in [0.15, 0.2) is 11.7 Å². The Morgan fingerprint density at radius 3 is 2.29 bits per heavy atom. The van der Waals surface area contributed by atoms with Gasteiger partial charge in [0.2, 0.25) is 5.69 Å². The van der Waals surface area contributed by atoms with Gasteiger partial charge in [-0.05, 0) is 48.5 Å². The number of fused-ring (bicyclic) bond motifs is 7. The highest BCUT2D eigenvalue weighted by atomic mass is 15.4. The minimum absolute atomic E-state index is 0.141. The molecule has 42 heavy (non-hydrogen) atoms. The molecule has 194 valence electrons. The zero-order chi connectivity index (χ0) is 27.3. The quantitative estimate of drug-likeness (QED) is 0.186. The van der Waals surface area contributed by atoms with Crippen LogP contribution >= 0.6 is 0 Å². The zero-order valence-electron chi connectivity index (χ0n) is 23.2. The van der Waals surface area contributed by atoms with Crippen LogP contribution in [0.25, 0.3) is 66.4 Å². The lowest BCUT2D eigenvalue weighted by Crippen LogP contribution is -2.76. The maximum absolute atomic E-state index is 2.63. The van der Waals surface area contributed by atoms with Crippen molar-refractivity contribution in [1.82, 2.24) is 9.13 Å². The first-order valence-electron chi connectivity index (χ1n) is 14.9. The summed E-state index contributed by atoms with van der Waals surface area (Å²) in [5.41, 5.74) is 14.0. The van der Waals surface area contributed by atoms with Crippen molar-refractivity contribution in [1.29, 1.82) is 0 Å². The van der Waals surface area contributed by atoms with Gasteiger partial charge < -0.3 is 4.57 Å². The molecule has 4 aliphatic rings. The van der Waals surface area contributed by atoms with Crippen molar-refractivity contribution in [3.8, 4) is 22.8 Å². The van der Waals surface area contributed by atoms with Crippen LogP contribution in [0.5, 0.6) is 0 Å². The van der Waals surface area contributed by atoms with E-state index in [2.05, 4.69) is 142 Å². The summed E-state index contributed by atoms with van der Waals surface area (Å²) in [5, 5.41) is 5.34. The largest absolute Gasteiger partial charge is 0.371 e. The first kappa shape index (κ1) is 20.6. The predicted molar refractivity (Wildman–Crippen MR) is 165 cm³/mol. The first-order chi connectivity index (χ1) is 20.6. The SMILES string of the molecule is CC1(C)c2ccc[n+]3c2-n2c4c1cccc4c1cc4c5ccccc5n5c4c(c12)C31c2c(cccc2-5)-c2cccc[n+]21. The molecular weight excluding hydrogens is 512 g/mol. The zero-order valence-corrected chi connectivity index (χ0v) is 23.2. The molecule has 0 N–H and O–H groups in total. The molecule has 4 aromatic heterocycles. The molecule has 0 saturated heterocycles. The average molecular weight is 537 g/mol. The van der Waals surface area contributed by atoms with Crippen LogP contribution in [-0.2, 0) is 11.1 Å². The summed E-state index contributed by atoms with van der Waals surface area (Å²) < 4.78 is 10.4. The highest BCUT2D eigenvalue weighted by molar-refractivity contribution is 6.23. The third-order valence-electron chi connectivity index (χ3n) is 11.0. The lowest BCUT2D eigenvalue weighted by atomic mass is 9.75. The van der Waals surface area contributed by atoms with E-state index >= 15 is 0 Å². The van der Waals surface area contributed by atoms with Crippen molar-refractivity contribution in [3.05, 3.63) is 132 Å². The Hall–Kier alpha value is -5.22. The van der Waals surface area contributed by atoms with Crippen LogP contribution in [0, 0.1) is 0 Å². The van der Waals surface area contributed by atoms with Crippen LogP contribution in [0.4, 0.5) is 0 Å². The molecule has 12 rings (SSSR count). The second kappa shape index (κ2) is 6.02. The van der Waals surface area contributed by atoms with Gasteiger partial charge >= 0.3 is 5.66 Å². The van der Waals surface area contributed by atoms with E-state index < -0.39 is 5.66 Å². The molecule has 0 bridgehead atoms. The normalized spacial score (nSPS) is 19.0. The van der Waals surface area contributed by atoms with E-state index in [1.54, 1.807) is 0 Å². The second-order valence-electron chi connectivity index (χ2n) is 13.0. The molecule has 1 atom stereocenters. The summed E-state index contributed by atoms with van der Waals surface area (Å²) in [7, 11) is 0. The molecule has 0 saturated carbocycles. The van der Waals surface area contributed by atoms with E-state index in [1.807, 2.05) is 0 Å². The lowest BCUT2D eigenvalue weighted by molar-refractivity contribution is -0.961. The standard InChI is InChI=1S/C38H24N4/c1-37(2)26-13-7-11-22-25-20-24-21-10-3-4-16-29(21)41-30-17-8-12-23-28-15-5-6-18-39(28)38(31(23)30)32(34(24)41)35(25)42(33(22)26)36-27(37)14-9-19-40(36)38/h3-20H,1-2H3/q+2. The maximum Gasteiger partial charge on any atom is 0.371 e. The Kier molecular flexibility index (Phi) is 2.96. The smallest absolute Gasteiger partial charge is 0.308 e. The van der Waals surface area contributed by atoms with Crippen LogP contribution < -0.4 is 9.13 Å². The molecule has 4 heteroatoms. The minimum Gasteiger partial charge on any atom is -0.308 e. The van der Waals surface area contributed by atoms with Gasteiger partial charge in [0, 0.05) is 44.7 Å². The van der Waals surface area contributed by atoms with E-state index in [-0.39, 0.29) is 5.41 Å². The van der Waals surface area contributed by atoms with Gasteiger partial charge in [-0.2, -0.15) is 9.13 Å². The Morgan fingerprint density at radius 1 is 0.571 bits per heavy atom. The summed E-state index contributed by atoms with van der Waals surface area (Å²) in [6.45, 7) is 4.81. The molecule has 4 aromatic carbocycles. The molecule has 0 amide bonds. The average Bonchev–Trinajstić information content (AvgIpc) is 3.65. The van der Waals surface area contributed by atoms with E-state index in [4.69, 9.17) is 0 Å². The van der Waals surface area contributed by atoms with Crippen LogP contribution in [-0.4, -0.2) is 9.13 Å². The lowest BCUT2D eigenvalue weighted by Gasteiger charge is -2.38. The van der Waals surface area contributed by atoms with E-state index in [9.17, 15) is 0 Å². The number of aromatic nitrogens is 4. The Morgan fingerprint density at radius 2 is 1.33 bits per heavy atom. The monoisotopic (exact) mass is 536 g/mol. The molecule has 0 aliphatic carbocycles. The molecule has 0 fully saturated rings. The summed E-state index contributed by atoms with van der Waals surface area (Å²) in [6, 6.07) is 36.7. The number of pyridine rings is 2. The maximum atomic E-state index is 2.63. The third kappa shape index (κ3) is 1.75. The van der Waals surface area contributed by atoms with E-state index in [0.29, 0.717) is 0 Å². The molecule has 1 spiro atoms. The van der Waals surface area contributed by atoms with Gasteiger partial charge in [0.1, 0.15) is 16.6 Å². The molecule has 8 heterocycles. The summed E-state index contributed by atoms with van der Waals surface area (Å²) in [4.78, 5) is 0. The molecule has 0 radical (unpaired) electrons. The van der Waals surface area contributed by atoms with Crippen molar-refractivity contribution in [2.45, 2.75) is 24.9 Å². The van der Waals surface area contributed by atoms with Gasteiger partial charge in [-0.1, -0.05) is 50.2 Å². The fourth-order valence-electron chi connectivity index (χ4n) is 9.56. The highest BCUT2D eigenvalue weighted by Crippen LogP contribution is 2.58. The Labute approximate surface area is 240 Å². The van der Waals surface area contributed by atoms with Gasteiger partial charge in [0.25, 0.3) is 5.82 Å². The number of nitrogens with zero attached hydrogens (tertiary/aromatic N) is 4. The van der Waals surface area contributed by atoms with Crippen molar-refractivity contribution < 1.29 is 9.13 Å². The number of benzene rings is 4. The summed E-state index contributed by atoms with van der Waals surface area (Å²) in [5.74, 6) is 1.29. The van der Waals surface area contributed by atoms with Crippen molar-refractivity contribution in [2.24, 2.45) is 0 Å². The topological polar surface area (TPSA) is 17.6 Å².